The van der Waals surface area contributed by atoms with Crippen molar-refractivity contribution in [2.45, 2.75) is 175 Å². The topological polar surface area (TPSA) is 431 Å². The van der Waals surface area contributed by atoms with E-state index in [2.05, 4.69) is 187 Å². The fourth-order valence-electron chi connectivity index (χ4n) is 16.6. The summed E-state index contributed by atoms with van der Waals surface area (Å²) in [6.45, 7) is 86.4. The monoisotopic (exact) mass is 2060 g/mol. The van der Waals surface area contributed by atoms with Crippen LogP contribution in [0.4, 0.5) is 0 Å². The van der Waals surface area contributed by atoms with Crippen LogP contribution in [0.5, 0.6) is 0 Å². The number of rotatable bonds is 66. The lowest BCUT2D eigenvalue weighted by Gasteiger charge is -2.35. The minimum Gasteiger partial charge on any atom is -0.375 e. The van der Waals surface area contributed by atoms with Gasteiger partial charge in [0, 0.05) is 175 Å². The van der Waals surface area contributed by atoms with Crippen molar-refractivity contribution in [3.63, 3.8) is 0 Å². The molecule has 34 nitrogen and oxygen atoms in total. The zero-order chi connectivity index (χ0) is 113. The Labute approximate surface area is 885 Å². The summed E-state index contributed by atoms with van der Waals surface area (Å²) in [6.07, 6.45) is 48.7. The molecule has 4 rings (SSSR count). The predicted molar refractivity (Wildman–Crippen MR) is 599 cm³/mol. The molecule has 0 aromatic heterocycles. The van der Waals surface area contributed by atoms with Gasteiger partial charge in [-0.15, -0.1) is 13.2 Å². The summed E-state index contributed by atoms with van der Waals surface area (Å²) in [7, 11) is 5.24. The van der Waals surface area contributed by atoms with E-state index in [0.717, 1.165) is 100 Å². The molecule has 826 valence electrons. The Bertz CT molecular complexity index is 4110. The van der Waals surface area contributed by atoms with Gasteiger partial charge >= 0.3 is 0 Å². The highest BCUT2D eigenvalue weighted by Gasteiger charge is 2.57. The van der Waals surface area contributed by atoms with Gasteiger partial charge in [0.15, 0.2) is 0 Å². The lowest BCUT2D eigenvalue weighted by Crippen LogP contribution is -2.56. The lowest BCUT2D eigenvalue weighted by atomic mass is 9.73. The van der Waals surface area contributed by atoms with E-state index < -0.39 is 41.0 Å². The molecule has 0 heterocycles. The third-order valence-corrected chi connectivity index (χ3v) is 25.5. The van der Waals surface area contributed by atoms with Gasteiger partial charge in [-0.2, -0.15) is 0 Å². The fourth-order valence-corrected chi connectivity index (χ4v) is 16.6. The predicted octanol–water partition coefficient (Wildman–Crippen LogP) is 10.7. The number of hydrogen-bond acceptors (Lipinski definition) is 19. The van der Waals surface area contributed by atoms with E-state index in [0.29, 0.717) is 109 Å². The summed E-state index contributed by atoms with van der Waals surface area (Å²) < 4.78 is 0. The minimum absolute atomic E-state index is 0.0236. The molecule has 148 heavy (non-hydrogen) atoms. The van der Waals surface area contributed by atoms with Gasteiger partial charge in [0.1, 0.15) is 12.5 Å². The Morgan fingerprint density at radius 1 is 0.318 bits per heavy atom. The van der Waals surface area contributed by atoms with Crippen LogP contribution in [-0.2, 0) is 71.9 Å². The molecule has 4 saturated carbocycles. The molecule has 0 spiro atoms. The quantitative estimate of drug-likeness (QED) is 0.0117. The number of unbranched alkanes of at least 4 members (excludes halogenated alkanes) is 5. The Balaban J connectivity index is -0.000000807. The van der Waals surface area contributed by atoms with Crippen molar-refractivity contribution in [3.8, 4) is 0 Å². The summed E-state index contributed by atoms with van der Waals surface area (Å²) >= 11 is 0. The van der Waals surface area contributed by atoms with Crippen LogP contribution < -0.4 is 47.9 Å². The molecule has 34 heteroatoms. The molecule has 0 aromatic carbocycles. The Morgan fingerprint density at radius 2 is 0.649 bits per heavy atom. The van der Waals surface area contributed by atoms with Gasteiger partial charge in [-0.1, -0.05) is 208 Å². The van der Waals surface area contributed by atoms with Gasteiger partial charge in [0.25, 0.3) is 0 Å². The average molecular weight is 2060 g/mol. The highest BCUT2D eigenvalue weighted by atomic mass is 16.3. The molecule has 4 aliphatic rings. The van der Waals surface area contributed by atoms with Gasteiger partial charge in [0.05, 0.1) is 0 Å². The number of hydrogen-bond donors (Lipinski definition) is 11. The third-order valence-electron chi connectivity index (χ3n) is 25.5. The van der Waals surface area contributed by atoms with Gasteiger partial charge in [0.2, 0.25) is 88.6 Å². The number of carbonyl (C=O) groups excluding carboxylic acids is 15. The average Bonchev–Trinajstić information content (AvgIpc) is 1.58. The van der Waals surface area contributed by atoms with Crippen LogP contribution in [0, 0.1) is 46.3 Å². The largest absolute Gasteiger partial charge is 0.375 e. The summed E-state index contributed by atoms with van der Waals surface area (Å²) in [6, 6.07) is 0.482. The van der Waals surface area contributed by atoms with Crippen LogP contribution in [0.2, 0.25) is 0 Å². The van der Waals surface area contributed by atoms with Crippen molar-refractivity contribution in [2.75, 3.05) is 159 Å². The second-order valence-corrected chi connectivity index (χ2v) is 35.8. The maximum absolute atomic E-state index is 11.7. The number of nitrogens with one attached hydrogen (secondary N) is 9. The fraction of sp³-hybridized carbons (Fsp3) is 0.518. The van der Waals surface area contributed by atoms with E-state index in [9.17, 15) is 82.1 Å². The van der Waals surface area contributed by atoms with Crippen molar-refractivity contribution in [2.24, 2.45) is 46.3 Å². The standard InChI is InChI=1S/C18H26N2O2.C17H26N4O4.C16H22N2O2.C15H25N3O3.C13H22N2O2.C13H23NO.C11H18N2O2.C11H21NO/c1-3-16(21)19-9-11-5-6-14-15-8-12(18(11)14)7-13(15)10-20-17(22)4-2;1-5-13(22)18-9-17(10-19-14(23)6-2,11-20-15(24)7-3)12-21-16(25)8-4;1-5-11-17(15(19)7-3)13-9-10-14-18(12-6-2)16(20)8-4;1-5-12(19)16-9-15(8-4,10-17-13(20)6-2)11-18-14(21)7-3;1-5-12(16)14(7-3)10-9-11-15(8-4)13(17)6-2;1-3-5-11-14(13(15)4-2)12-9-7-6-8-10-12;1-5-10(14)12(3)8-7-9-13(4)11(15)6-2;1-4-6-7-8-9-10-12(3)11(13)5-2/h3-4,11-15,18H,1-2,5-10H2,(H,19,21)(H,20,22);5-8,13,18,22H,1-4,9-12H2,(H,19,23)(H,20,24)(H,21,25);5-10H,1-4,11-14H2;5-7,12,16,19H,1-3,8-11H2,4H3,(H,17,20)(H,18,21);5-6H,1-2,7-11H2,3-4H3;4,12H,2-3,5-11H2,1H3;5-6H,1-2,7-9H2,3-4H3;5H,2,4,6-10H2,1,3H3/b;;10-9+;;;;;. The highest BCUT2D eigenvalue weighted by Crippen LogP contribution is 2.62. The molecule has 4 aliphatic carbocycles. The second kappa shape index (κ2) is 86.8. The summed E-state index contributed by atoms with van der Waals surface area (Å²) in [5.74, 6) is 2.00. The van der Waals surface area contributed by atoms with Gasteiger partial charge < -0.3 is 86.6 Å². The van der Waals surface area contributed by atoms with Crippen molar-refractivity contribution >= 4 is 88.6 Å². The van der Waals surface area contributed by atoms with Crippen LogP contribution in [0.25, 0.3) is 0 Å². The van der Waals surface area contributed by atoms with Gasteiger partial charge in [-0.3, -0.25) is 82.6 Å². The molecular formula is C114H183N17O17. The molecule has 8 atom stereocenters. The van der Waals surface area contributed by atoms with Crippen LogP contribution >= 0.6 is 0 Å². The first kappa shape index (κ1) is 141. The second-order valence-electron chi connectivity index (χ2n) is 35.8. The summed E-state index contributed by atoms with van der Waals surface area (Å²) in [5.41, 5.74) is -1.28. The normalized spacial score (nSPS) is 15.3. The van der Waals surface area contributed by atoms with Gasteiger partial charge in [-0.05, 0) is 223 Å². The summed E-state index contributed by atoms with van der Waals surface area (Å²) in [4.78, 5) is 184. The highest BCUT2D eigenvalue weighted by molar-refractivity contribution is 5.92. The lowest BCUT2D eigenvalue weighted by molar-refractivity contribution is -0.129. The molecule has 0 aliphatic heterocycles. The van der Waals surface area contributed by atoms with Crippen LogP contribution in [0.15, 0.2) is 253 Å². The molecule has 0 aromatic rings. The van der Waals surface area contributed by atoms with Gasteiger partial charge in [-0.25, -0.2) is 0 Å². The van der Waals surface area contributed by atoms with E-state index in [1.807, 2.05) is 44.9 Å². The van der Waals surface area contributed by atoms with E-state index in [1.165, 1.54) is 169 Å². The zero-order valence-corrected chi connectivity index (χ0v) is 90.6. The number of nitrogens with zero attached hydrogens (tertiary/aromatic N) is 8. The smallest absolute Gasteiger partial charge is 0.246 e. The van der Waals surface area contributed by atoms with E-state index >= 15 is 0 Å². The number of aliphatic hydroxyl groups excluding tert-OH is 2. The van der Waals surface area contributed by atoms with Crippen LogP contribution in [-0.4, -0.2) is 315 Å². The molecule has 15 amide bonds. The zero-order valence-electron chi connectivity index (χ0n) is 90.6. The Kier molecular flexibility index (Phi) is 82.6. The van der Waals surface area contributed by atoms with E-state index in [4.69, 9.17) is 0 Å². The number of fused-ring (bicyclic) bond motifs is 5. The first-order valence-corrected chi connectivity index (χ1v) is 51.1. The minimum atomic E-state index is -0.986. The van der Waals surface area contributed by atoms with E-state index in [1.54, 1.807) is 60.5 Å². The third kappa shape index (κ3) is 62.0. The first-order chi connectivity index (χ1) is 70.6. The van der Waals surface area contributed by atoms with E-state index in [-0.39, 0.29) is 97.1 Å². The molecule has 4 fully saturated rings. The van der Waals surface area contributed by atoms with Crippen molar-refractivity contribution < 1.29 is 82.1 Å². The summed E-state index contributed by atoms with van der Waals surface area (Å²) in [5, 5.41) is 44.2. The molecule has 8 unspecified atom stereocenters. The SMILES string of the molecule is C=CC(=O)N(C)CCCCCCC.C=CC(=O)N(C)CCCN(C)C(=O)C=C.C=CC(=O)N(CC)CCCN(CC)C(=O)C=C.C=CC(=O)N(CCCC)C1CCCCC1.C=CC(=O)NCC(CC)(CNC(=O)C=C)CNC(O)C=C.C=CC(=O)NCC(CNC(=O)C=C)(CNC(=O)C=C)CNC(O)C=C.C=CC(=O)NCC1CC2CC1C1CCC(CNC(=O)C=C)C21.C=CCN(C/C=C/CN(CC=C)C(=O)C=C)C(=O)C=C. The Hall–Kier alpha value is -13.3. The molecular weight excluding hydrogens is 1880 g/mol. The van der Waals surface area contributed by atoms with Crippen molar-refractivity contribution in [3.05, 3.63) is 253 Å². The van der Waals surface area contributed by atoms with Crippen LogP contribution in [0.1, 0.15) is 157 Å². The molecule has 0 saturated heterocycles. The Morgan fingerprint density at radius 3 is 0.986 bits per heavy atom. The first-order valence-electron chi connectivity index (χ1n) is 51.1. The maximum atomic E-state index is 11.7. The molecule has 2 bridgehead atoms. The van der Waals surface area contributed by atoms with Crippen molar-refractivity contribution in [1.29, 1.82) is 0 Å². The maximum Gasteiger partial charge on any atom is 0.246 e. The number of amides is 15. The van der Waals surface area contributed by atoms with Crippen LogP contribution in [0.3, 0.4) is 0 Å². The number of likely N-dealkylation sites (N-methyl/N-ethyl adjacent to an activating group) is 5. The number of aliphatic hydroxyl groups is 2. The molecule has 0 radical (unpaired) electrons. The molecule has 11 N–H and O–H groups in total. The number of carbonyl (C=O) groups is 15. The van der Waals surface area contributed by atoms with Crippen molar-refractivity contribution in [1.82, 2.24) is 87.1 Å².